The standard InChI is InChI=1S/C18H35O2/c19-17-15-13-11-9-7-5-3-1-2-4-6-8-10-12-14-16-18-20/h17H,1-16,18H2. The maximum absolute atomic E-state index is 10.3. The van der Waals surface area contributed by atoms with Gasteiger partial charge in [-0.25, -0.2) is 5.11 Å². The van der Waals surface area contributed by atoms with Gasteiger partial charge in [-0.05, 0) is 12.8 Å². The van der Waals surface area contributed by atoms with Gasteiger partial charge in [0.2, 0.25) is 0 Å². The van der Waals surface area contributed by atoms with Crippen molar-refractivity contribution in [2.24, 2.45) is 0 Å². The molecule has 2 nitrogen and oxygen atoms in total. The topological polar surface area (TPSA) is 37.0 Å². The smallest absolute Gasteiger partial charge is 0.119 e. The molecule has 0 bridgehead atoms. The highest BCUT2D eigenvalue weighted by Crippen LogP contribution is 2.13. The Morgan fingerprint density at radius 3 is 1.05 bits per heavy atom. The van der Waals surface area contributed by atoms with Crippen molar-refractivity contribution in [1.82, 2.24) is 0 Å². The quantitative estimate of drug-likeness (QED) is 0.243. The molecule has 0 fully saturated rings. The highest BCUT2D eigenvalue weighted by molar-refractivity contribution is 5.48. The molecule has 0 aliphatic heterocycles. The van der Waals surface area contributed by atoms with Gasteiger partial charge in [0, 0.05) is 6.42 Å². The number of rotatable bonds is 17. The summed E-state index contributed by atoms with van der Waals surface area (Å²) in [5.41, 5.74) is 0. The van der Waals surface area contributed by atoms with Gasteiger partial charge in [0.15, 0.2) is 0 Å². The number of hydrogen-bond donors (Lipinski definition) is 0. The fourth-order valence-corrected chi connectivity index (χ4v) is 2.63. The van der Waals surface area contributed by atoms with Gasteiger partial charge >= 0.3 is 0 Å². The molecule has 0 aliphatic rings. The highest BCUT2D eigenvalue weighted by Gasteiger charge is 1.94. The number of carbonyl (C=O) groups is 1. The van der Waals surface area contributed by atoms with Crippen LogP contribution in [0, 0.1) is 0 Å². The second-order valence-electron chi connectivity index (χ2n) is 5.96. The van der Waals surface area contributed by atoms with Crippen LogP contribution in [0.1, 0.15) is 103 Å². The van der Waals surface area contributed by atoms with E-state index in [2.05, 4.69) is 0 Å². The number of hydrogen-bond acceptors (Lipinski definition) is 1. The average Bonchev–Trinajstić information content (AvgIpc) is 2.47. The van der Waals surface area contributed by atoms with Gasteiger partial charge in [-0.3, -0.25) is 0 Å². The van der Waals surface area contributed by atoms with E-state index >= 15 is 0 Å². The molecule has 0 aromatic heterocycles. The predicted molar refractivity (Wildman–Crippen MR) is 85.5 cm³/mol. The van der Waals surface area contributed by atoms with Crippen molar-refractivity contribution in [3.8, 4) is 0 Å². The van der Waals surface area contributed by atoms with E-state index in [1.54, 1.807) is 0 Å². The maximum atomic E-state index is 10.3. The van der Waals surface area contributed by atoms with Gasteiger partial charge in [-0.1, -0.05) is 83.5 Å². The average molecular weight is 283 g/mol. The molecule has 1 radical (unpaired) electrons. The molecule has 0 heterocycles. The zero-order valence-corrected chi connectivity index (χ0v) is 13.4. The Morgan fingerprint density at radius 2 is 0.750 bits per heavy atom. The van der Waals surface area contributed by atoms with Crippen LogP contribution < -0.4 is 0 Å². The molecule has 0 spiro atoms. The van der Waals surface area contributed by atoms with Gasteiger partial charge in [0.05, 0.1) is 6.61 Å². The molecule has 119 valence electrons. The molecule has 0 saturated carbocycles. The van der Waals surface area contributed by atoms with Crippen molar-refractivity contribution in [3.63, 3.8) is 0 Å². The van der Waals surface area contributed by atoms with E-state index in [1.807, 2.05) is 0 Å². The van der Waals surface area contributed by atoms with Crippen LogP contribution in [0.2, 0.25) is 0 Å². The molecule has 0 aliphatic carbocycles. The summed E-state index contributed by atoms with van der Waals surface area (Å²) in [4.78, 5) is 10.1. The zero-order valence-electron chi connectivity index (χ0n) is 13.4. The zero-order chi connectivity index (χ0) is 14.7. The third-order valence-electron chi connectivity index (χ3n) is 3.97. The van der Waals surface area contributed by atoms with E-state index in [0.717, 1.165) is 32.0 Å². The Bertz CT molecular complexity index is 180. The highest BCUT2D eigenvalue weighted by atomic mass is 16.2. The normalized spacial score (nSPS) is 10.8. The first-order chi connectivity index (χ1) is 9.91. The van der Waals surface area contributed by atoms with Crippen molar-refractivity contribution in [2.75, 3.05) is 6.61 Å². The Balaban J connectivity index is 2.90. The van der Waals surface area contributed by atoms with Crippen LogP contribution in [0.5, 0.6) is 0 Å². The van der Waals surface area contributed by atoms with Crippen molar-refractivity contribution in [1.29, 1.82) is 0 Å². The summed E-state index contributed by atoms with van der Waals surface area (Å²) in [5, 5.41) is 10.3. The van der Waals surface area contributed by atoms with Gasteiger partial charge in [0.25, 0.3) is 0 Å². The van der Waals surface area contributed by atoms with Crippen LogP contribution in [0.25, 0.3) is 0 Å². The Hall–Kier alpha value is -0.370. The Morgan fingerprint density at radius 1 is 0.450 bits per heavy atom. The largest absolute Gasteiger partial charge is 0.303 e. The second kappa shape index (κ2) is 18.6. The summed E-state index contributed by atoms with van der Waals surface area (Å²) in [6.45, 7) is 0.108. The molecule has 0 saturated heterocycles. The lowest BCUT2D eigenvalue weighted by atomic mass is 10.0. The SMILES string of the molecule is [O]CCCCCCCCCCCCCCCCCC=O. The molecule has 0 N–H and O–H groups in total. The molecule has 0 rings (SSSR count). The van der Waals surface area contributed by atoms with Crippen LogP contribution in [0.15, 0.2) is 0 Å². The summed E-state index contributed by atoms with van der Waals surface area (Å²) in [5.74, 6) is 0. The van der Waals surface area contributed by atoms with Crippen molar-refractivity contribution in [3.05, 3.63) is 0 Å². The van der Waals surface area contributed by atoms with E-state index < -0.39 is 0 Å². The van der Waals surface area contributed by atoms with Crippen LogP contribution in [-0.2, 0) is 9.90 Å². The molecular formula is C18H35O2. The fourth-order valence-electron chi connectivity index (χ4n) is 2.63. The number of carbonyl (C=O) groups excluding carboxylic acids is 1. The molecule has 0 aromatic rings. The first-order valence-corrected chi connectivity index (χ1v) is 8.93. The van der Waals surface area contributed by atoms with Gasteiger partial charge in [-0.2, -0.15) is 0 Å². The lowest BCUT2D eigenvalue weighted by Gasteiger charge is -2.03. The van der Waals surface area contributed by atoms with Crippen LogP contribution in [0.3, 0.4) is 0 Å². The predicted octanol–water partition coefficient (Wildman–Crippen LogP) is 5.86. The monoisotopic (exact) mass is 283 g/mol. The Kier molecular flexibility index (Phi) is 18.3. The van der Waals surface area contributed by atoms with Crippen LogP contribution in [0.4, 0.5) is 0 Å². The van der Waals surface area contributed by atoms with E-state index in [9.17, 15) is 9.90 Å². The summed E-state index contributed by atoms with van der Waals surface area (Å²) in [6.07, 6.45) is 21.0. The molecular weight excluding hydrogens is 248 g/mol. The van der Waals surface area contributed by atoms with Crippen LogP contribution >= 0.6 is 0 Å². The first kappa shape index (κ1) is 19.6. The Labute approximate surface area is 126 Å². The minimum atomic E-state index is 0.108. The van der Waals surface area contributed by atoms with E-state index in [1.165, 1.54) is 77.0 Å². The minimum absolute atomic E-state index is 0.108. The van der Waals surface area contributed by atoms with Crippen LogP contribution in [-0.4, -0.2) is 12.9 Å². The summed E-state index contributed by atoms with van der Waals surface area (Å²) < 4.78 is 0. The third kappa shape index (κ3) is 17.6. The maximum Gasteiger partial charge on any atom is 0.119 e. The summed E-state index contributed by atoms with van der Waals surface area (Å²) in [7, 11) is 0. The number of unbranched alkanes of at least 4 members (excludes halogenated alkanes) is 15. The fraction of sp³-hybridized carbons (Fsp3) is 0.944. The summed E-state index contributed by atoms with van der Waals surface area (Å²) >= 11 is 0. The van der Waals surface area contributed by atoms with E-state index in [0.29, 0.717) is 0 Å². The van der Waals surface area contributed by atoms with E-state index in [4.69, 9.17) is 0 Å². The summed E-state index contributed by atoms with van der Waals surface area (Å²) in [6, 6.07) is 0. The third-order valence-corrected chi connectivity index (χ3v) is 3.97. The molecule has 2 heteroatoms. The lowest BCUT2D eigenvalue weighted by molar-refractivity contribution is -0.107. The van der Waals surface area contributed by atoms with Gasteiger partial charge in [0.1, 0.15) is 6.29 Å². The van der Waals surface area contributed by atoms with E-state index in [-0.39, 0.29) is 6.61 Å². The lowest BCUT2D eigenvalue weighted by Crippen LogP contribution is -1.84. The molecule has 20 heavy (non-hydrogen) atoms. The minimum Gasteiger partial charge on any atom is -0.303 e. The van der Waals surface area contributed by atoms with Crippen molar-refractivity contribution >= 4 is 6.29 Å². The molecule has 0 aromatic carbocycles. The van der Waals surface area contributed by atoms with Crippen molar-refractivity contribution in [2.45, 2.75) is 103 Å². The molecule has 0 atom stereocenters. The first-order valence-electron chi connectivity index (χ1n) is 8.93. The molecule has 0 unspecified atom stereocenters. The molecule has 0 amide bonds. The van der Waals surface area contributed by atoms with Crippen molar-refractivity contribution < 1.29 is 9.90 Å². The van der Waals surface area contributed by atoms with Gasteiger partial charge < -0.3 is 4.79 Å². The second-order valence-corrected chi connectivity index (χ2v) is 5.96. The number of aldehydes is 1. The van der Waals surface area contributed by atoms with Gasteiger partial charge in [-0.15, -0.1) is 0 Å².